The van der Waals surface area contributed by atoms with Gasteiger partial charge in [-0.1, -0.05) is 11.6 Å². The van der Waals surface area contributed by atoms with E-state index in [0.717, 1.165) is 35.0 Å². The Hall–Kier alpha value is -2.21. The number of hydrogen-bond donors (Lipinski definition) is 1. The van der Waals surface area contributed by atoms with Crippen molar-refractivity contribution >= 4 is 23.3 Å². The van der Waals surface area contributed by atoms with Crippen LogP contribution in [-0.2, 0) is 11.3 Å². The number of carbonyl (C=O) groups is 1. The Balaban J connectivity index is 1.54. The number of halogens is 1. The minimum atomic E-state index is -0.0595. The number of ether oxygens (including phenoxy) is 1. The van der Waals surface area contributed by atoms with E-state index in [0.29, 0.717) is 24.0 Å². The highest BCUT2D eigenvalue weighted by molar-refractivity contribution is 6.31. The zero-order valence-corrected chi connectivity index (χ0v) is 16.7. The van der Waals surface area contributed by atoms with Crippen LogP contribution >= 0.6 is 11.6 Å². The van der Waals surface area contributed by atoms with E-state index in [1.807, 2.05) is 30.0 Å². The molecule has 3 aliphatic rings. The summed E-state index contributed by atoms with van der Waals surface area (Å²) in [5.74, 6) is 2.21. The summed E-state index contributed by atoms with van der Waals surface area (Å²) in [6.07, 6.45) is 6.12. The molecule has 0 saturated heterocycles. The second-order valence-electron chi connectivity index (χ2n) is 7.53. The Bertz CT molecular complexity index is 831. The Labute approximate surface area is 164 Å². The fourth-order valence-electron chi connectivity index (χ4n) is 3.69. The van der Waals surface area contributed by atoms with Gasteiger partial charge in [0.2, 0.25) is 5.88 Å². The zero-order chi connectivity index (χ0) is 19.1. The lowest BCUT2D eigenvalue weighted by molar-refractivity contribution is 0.0729. The maximum absolute atomic E-state index is 12.9. The van der Waals surface area contributed by atoms with Gasteiger partial charge in [0.05, 0.1) is 19.2 Å². The van der Waals surface area contributed by atoms with Crippen molar-refractivity contribution in [2.75, 3.05) is 32.6 Å². The number of nitrogens with zero attached hydrogens (tertiary/aromatic N) is 3. The summed E-state index contributed by atoms with van der Waals surface area (Å²) in [5.41, 5.74) is 2.78. The van der Waals surface area contributed by atoms with E-state index in [-0.39, 0.29) is 11.9 Å². The van der Waals surface area contributed by atoms with E-state index in [9.17, 15) is 4.79 Å². The molecule has 1 aromatic heterocycles. The second kappa shape index (κ2) is 7.08. The first-order valence-electron chi connectivity index (χ1n) is 9.40. The Kier molecular flexibility index (Phi) is 4.76. The van der Waals surface area contributed by atoms with Gasteiger partial charge in [0, 0.05) is 38.0 Å². The van der Waals surface area contributed by atoms with Gasteiger partial charge >= 0.3 is 0 Å². The molecule has 4 rings (SSSR count). The minimum Gasteiger partial charge on any atom is -0.478 e. The lowest BCUT2D eigenvalue weighted by Gasteiger charge is -2.34. The molecule has 0 aromatic carbocycles. The SMILES string of the molecule is CNc1nccc2c1CN(C(C)C1=CC(Cl)=C(OCC3CC3)N(C)C1)C2=O. The average molecular weight is 389 g/mol. The molecular weight excluding hydrogens is 364 g/mol. The molecule has 27 heavy (non-hydrogen) atoms. The van der Waals surface area contributed by atoms with Crippen molar-refractivity contribution in [3.05, 3.63) is 46.0 Å². The highest BCUT2D eigenvalue weighted by atomic mass is 35.5. The van der Waals surface area contributed by atoms with Crippen molar-refractivity contribution in [1.82, 2.24) is 14.8 Å². The molecule has 2 aliphatic heterocycles. The Morgan fingerprint density at radius 1 is 1.41 bits per heavy atom. The van der Waals surface area contributed by atoms with Crippen LogP contribution in [0.25, 0.3) is 0 Å². The van der Waals surface area contributed by atoms with Crippen LogP contribution in [0.5, 0.6) is 0 Å². The minimum absolute atomic E-state index is 0.0378. The molecule has 1 fully saturated rings. The number of aromatic nitrogens is 1. The van der Waals surface area contributed by atoms with Crippen LogP contribution in [0.3, 0.4) is 0 Å². The van der Waals surface area contributed by atoms with Crippen molar-refractivity contribution in [3.63, 3.8) is 0 Å². The van der Waals surface area contributed by atoms with Crippen LogP contribution in [-0.4, -0.2) is 54.0 Å². The molecule has 3 heterocycles. The first-order valence-corrected chi connectivity index (χ1v) is 9.78. The molecule has 7 heteroatoms. The third-order valence-electron chi connectivity index (χ3n) is 5.55. The van der Waals surface area contributed by atoms with Crippen molar-refractivity contribution in [1.29, 1.82) is 0 Å². The molecule has 6 nitrogen and oxygen atoms in total. The van der Waals surface area contributed by atoms with E-state index in [2.05, 4.69) is 17.2 Å². The number of fused-ring (bicyclic) bond motifs is 1. The third-order valence-corrected chi connectivity index (χ3v) is 5.82. The van der Waals surface area contributed by atoms with Gasteiger partial charge in [-0.15, -0.1) is 0 Å². The van der Waals surface area contributed by atoms with E-state index in [1.54, 1.807) is 12.3 Å². The van der Waals surface area contributed by atoms with Crippen molar-refractivity contribution in [2.24, 2.45) is 5.92 Å². The largest absolute Gasteiger partial charge is 0.478 e. The predicted octanol–water partition coefficient (Wildman–Crippen LogP) is 3.17. The average Bonchev–Trinajstić information content (AvgIpc) is 3.42. The van der Waals surface area contributed by atoms with Crippen molar-refractivity contribution in [3.8, 4) is 0 Å². The first kappa shape index (κ1) is 18.2. The number of anilines is 1. The Morgan fingerprint density at radius 2 is 2.19 bits per heavy atom. The van der Waals surface area contributed by atoms with E-state index < -0.39 is 0 Å². The van der Waals surface area contributed by atoms with Gasteiger partial charge in [-0.2, -0.15) is 0 Å². The van der Waals surface area contributed by atoms with Crippen LogP contribution in [0, 0.1) is 5.92 Å². The van der Waals surface area contributed by atoms with Crippen molar-refractivity contribution in [2.45, 2.75) is 32.4 Å². The molecule has 1 saturated carbocycles. The zero-order valence-electron chi connectivity index (χ0n) is 16.0. The lowest BCUT2D eigenvalue weighted by atomic mass is 10.0. The van der Waals surface area contributed by atoms with Crippen LogP contribution in [0.2, 0.25) is 0 Å². The molecule has 1 unspecified atom stereocenters. The smallest absolute Gasteiger partial charge is 0.255 e. The number of pyridine rings is 1. The van der Waals surface area contributed by atoms with E-state index >= 15 is 0 Å². The molecule has 144 valence electrons. The summed E-state index contributed by atoms with van der Waals surface area (Å²) >= 11 is 6.51. The molecule has 1 aromatic rings. The molecule has 1 aliphatic carbocycles. The van der Waals surface area contributed by atoms with Gasteiger partial charge in [-0.05, 0) is 43.4 Å². The summed E-state index contributed by atoms with van der Waals surface area (Å²) in [5, 5.41) is 3.68. The first-order chi connectivity index (χ1) is 13.0. The maximum atomic E-state index is 12.9. The number of allylic oxidation sites excluding steroid dienone is 2. The number of likely N-dealkylation sites (N-methyl/N-ethyl adjacent to an activating group) is 1. The monoisotopic (exact) mass is 388 g/mol. The van der Waals surface area contributed by atoms with Gasteiger partial charge < -0.3 is 19.9 Å². The summed E-state index contributed by atoms with van der Waals surface area (Å²) < 4.78 is 5.92. The number of rotatable bonds is 6. The predicted molar refractivity (Wildman–Crippen MR) is 105 cm³/mol. The normalized spacial score (nSPS) is 20.6. The molecule has 0 bridgehead atoms. The number of carbonyl (C=O) groups excluding carboxylic acids is 1. The number of amides is 1. The highest BCUT2D eigenvalue weighted by Crippen LogP contribution is 2.34. The van der Waals surface area contributed by atoms with Crippen LogP contribution < -0.4 is 5.32 Å². The van der Waals surface area contributed by atoms with Crippen molar-refractivity contribution < 1.29 is 9.53 Å². The summed E-state index contributed by atoms with van der Waals surface area (Å²) in [6, 6.07) is 1.74. The molecule has 0 radical (unpaired) electrons. The summed E-state index contributed by atoms with van der Waals surface area (Å²) in [7, 11) is 3.81. The van der Waals surface area contributed by atoms with Crippen LogP contribution in [0.15, 0.2) is 34.8 Å². The summed E-state index contributed by atoms with van der Waals surface area (Å²) in [4.78, 5) is 21.2. The fraction of sp³-hybridized carbons (Fsp3) is 0.500. The standard InChI is InChI=1S/C20H25ClN4O2/c1-12(25-10-16-15(19(25)26)6-7-23-18(16)22-2)14-8-17(21)20(24(3)9-14)27-11-13-4-5-13/h6-8,12-13H,4-5,9-11H2,1-3H3,(H,22,23). The number of nitrogens with one attached hydrogen (secondary N) is 1. The third kappa shape index (κ3) is 3.38. The molecule has 1 N–H and O–H groups in total. The maximum Gasteiger partial charge on any atom is 0.255 e. The lowest BCUT2D eigenvalue weighted by Crippen LogP contribution is -2.39. The van der Waals surface area contributed by atoms with Gasteiger partial charge in [0.25, 0.3) is 5.91 Å². The molecule has 1 atom stereocenters. The quantitative estimate of drug-likeness (QED) is 0.811. The van der Waals surface area contributed by atoms with Gasteiger partial charge in [-0.3, -0.25) is 4.79 Å². The fourth-order valence-corrected chi connectivity index (χ4v) is 4.03. The number of hydrogen-bond acceptors (Lipinski definition) is 5. The van der Waals surface area contributed by atoms with Crippen LogP contribution in [0.4, 0.5) is 5.82 Å². The molecule has 0 spiro atoms. The van der Waals surface area contributed by atoms with Gasteiger partial charge in [0.15, 0.2) is 0 Å². The van der Waals surface area contributed by atoms with E-state index in [1.165, 1.54) is 12.8 Å². The van der Waals surface area contributed by atoms with Crippen LogP contribution in [0.1, 0.15) is 35.7 Å². The topological polar surface area (TPSA) is 57.7 Å². The second-order valence-corrected chi connectivity index (χ2v) is 7.93. The Morgan fingerprint density at radius 3 is 2.85 bits per heavy atom. The molecular formula is C20H25ClN4O2. The highest BCUT2D eigenvalue weighted by Gasteiger charge is 2.35. The van der Waals surface area contributed by atoms with Gasteiger partial charge in [0.1, 0.15) is 10.9 Å². The van der Waals surface area contributed by atoms with Gasteiger partial charge in [-0.25, -0.2) is 4.98 Å². The van der Waals surface area contributed by atoms with E-state index in [4.69, 9.17) is 16.3 Å². The molecule has 1 amide bonds. The summed E-state index contributed by atoms with van der Waals surface area (Å²) in [6.45, 7) is 4.02.